The fourth-order valence-corrected chi connectivity index (χ4v) is 1.85. The number of esters is 1. The number of carbonyl (C=O) groups is 2. The highest BCUT2D eigenvalue weighted by Crippen LogP contribution is 2.19. The predicted octanol–water partition coefficient (Wildman–Crippen LogP) is 1.68. The Balaban J connectivity index is 2.63. The molecule has 23 heavy (non-hydrogen) atoms. The molecule has 8 heteroatoms. The number of hydrogen-bond acceptors (Lipinski definition) is 6. The number of nitrogens with zero attached hydrogens (tertiary/aromatic N) is 1. The molecule has 126 valence electrons. The van der Waals surface area contributed by atoms with Gasteiger partial charge in [-0.05, 0) is 12.0 Å². The van der Waals surface area contributed by atoms with Gasteiger partial charge in [-0.1, -0.05) is 26.3 Å². The quantitative estimate of drug-likeness (QED) is 0.443. The summed E-state index contributed by atoms with van der Waals surface area (Å²) in [6, 6.07) is 4.75. The molecular weight excluding hydrogens is 304 g/mol. The Kier molecular flexibility index (Phi) is 6.98. The third-order valence-electron chi connectivity index (χ3n) is 3.38. The number of nitrogens with one attached hydrogen (secondary N) is 1. The van der Waals surface area contributed by atoms with Gasteiger partial charge in [0.2, 0.25) is 0 Å². The summed E-state index contributed by atoms with van der Waals surface area (Å²) in [7, 11) is 1.25. The number of methoxy groups -OCH3 is 1. The lowest BCUT2D eigenvalue weighted by molar-refractivity contribution is -0.384. The van der Waals surface area contributed by atoms with Gasteiger partial charge in [0.15, 0.2) is 6.61 Å². The lowest BCUT2D eigenvalue weighted by Gasteiger charge is -2.21. The molecule has 0 spiro atoms. The van der Waals surface area contributed by atoms with Crippen molar-refractivity contribution in [1.29, 1.82) is 0 Å². The SMILES string of the molecule is CC[C@@H](C)[C@H](NC(=O)COc1cccc([N+](=O)[O-])c1)C(=O)OC. The van der Waals surface area contributed by atoms with Crippen molar-refractivity contribution < 1.29 is 24.0 Å². The van der Waals surface area contributed by atoms with Crippen LogP contribution >= 0.6 is 0 Å². The van der Waals surface area contributed by atoms with Crippen LogP contribution in [0.4, 0.5) is 5.69 Å². The minimum Gasteiger partial charge on any atom is -0.484 e. The third-order valence-corrected chi connectivity index (χ3v) is 3.38. The second-order valence-electron chi connectivity index (χ2n) is 5.00. The molecule has 0 bridgehead atoms. The Labute approximate surface area is 133 Å². The van der Waals surface area contributed by atoms with E-state index in [-0.39, 0.29) is 24.0 Å². The number of benzene rings is 1. The molecule has 0 aliphatic rings. The van der Waals surface area contributed by atoms with Crippen molar-refractivity contribution in [3.8, 4) is 5.75 Å². The maximum Gasteiger partial charge on any atom is 0.328 e. The monoisotopic (exact) mass is 324 g/mol. The summed E-state index contributed by atoms with van der Waals surface area (Å²) in [5.41, 5.74) is -0.130. The summed E-state index contributed by atoms with van der Waals surface area (Å²) < 4.78 is 9.89. The van der Waals surface area contributed by atoms with Crippen molar-refractivity contribution >= 4 is 17.6 Å². The first kappa shape index (κ1) is 18.4. The van der Waals surface area contributed by atoms with Crippen molar-refractivity contribution in [3.63, 3.8) is 0 Å². The van der Waals surface area contributed by atoms with Crippen LogP contribution in [0.3, 0.4) is 0 Å². The van der Waals surface area contributed by atoms with E-state index in [1.807, 2.05) is 13.8 Å². The van der Waals surface area contributed by atoms with Gasteiger partial charge < -0.3 is 14.8 Å². The van der Waals surface area contributed by atoms with Crippen LogP contribution in [0.25, 0.3) is 0 Å². The van der Waals surface area contributed by atoms with Crippen molar-refractivity contribution in [2.24, 2.45) is 5.92 Å². The van der Waals surface area contributed by atoms with Crippen LogP contribution in [0.1, 0.15) is 20.3 Å². The Hall–Kier alpha value is -2.64. The van der Waals surface area contributed by atoms with Gasteiger partial charge in [-0.2, -0.15) is 0 Å². The van der Waals surface area contributed by atoms with Gasteiger partial charge in [-0.15, -0.1) is 0 Å². The van der Waals surface area contributed by atoms with Gasteiger partial charge >= 0.3 is 5.97 Å². The van der Waals surface area contributed by atoms with Gasteiger partial charge in [-0.3, -0.25) is 14.9 Å². The Morgan fingerprint density at radius 2 is 2.09 bits per heavy atom. The molecule has 8 nitrogen and oxygen atoms in total. The van der Waals surface area contributed by atoms with Gasteiger partial charge in [0.05, 0.1) is 18.1 Å². The molecule has 0 saturated carbocycles. The zero-order valence-corrected chi connectivity index (χ0v) is 13.3. The minimum atomic E-state index is -0.758. The fourth-order valence-electron chi connectivity index (χ4n) is 1.85. The summed E-state index contributed by atoms with van der Waals surface area (Å²) in [5, 5.41) is 13.2. The van der Waals surface area contributed by atoms with E-state index < -0.39 is 22.8 Å². The first-order valence-electron chi connectivity index (χ1n) is 7.13. The molecule has 1 rings (SSSR count). The number of hydrogen-bond donors (Lipinski definition) is 1. The Bertz CT molecular complexity index is 575. The van der Waals surface area contributed by atoms with Gasteiger partial charge in [0, 0.05) is 6.07 Å². The molecule has 1 aromatic rings. The number of ether oxygens (including phenoxy) is 2. The van der Waals surface area contributed by atoms with Crippen molar-refractivity contribution in [2.75, 3.05) is 13.7 Å². The lowest BCUT2D eigenvalue weighted by Crippen LogP contribution is -2.47. The van der Waals surface area contributed by atoms with E-state index in [2.05, 4.69) is 10.1 Å². The highest BCUT2D eigenvalue weighted by Gasteiger charge is 2.26. The molecule has 1 N–H and O–H groups in total. The molecule has 1 amide bonds. The topological polar surface area (TPSA) is 108 Å². The lowest BCUT2D eigenvalue weighted by atomic mass is 9.99. The summed E-state index contributed by atoms with van der Waals surface area (Å²) in [5.74, 6) is -0.924. The number of rotatable bonds is 8. The van der Waals surface area contributed by atoms with E-state index in [9.17, 15) is 19.7 Å². The number of nitro groups is 1. The Morgan fingerprint density at radius 3 is 2.65 bits per heavy atom. The predicted molar refractivity (Wildman–Crippen MR) is 82.0 cm³/mol. The summed E-state index contributed by atoms with van der Waals surface area (Å²) in [4.78, 5) is 33.7. The zero-order chi connectivity index (χ0) is 17.4. The third kappa shape index (κ3) is 5.57. The molecular formula is C15H20N2O6. The fraction of sp³-hybridized carbons (Fsp3) is 0.467. The molecule has 0 aliphatic heterocycles. The standard InChI is InChI=1S/C15H20N2O6/c1-4-10(2)14(15(19)22-3)16-13(18)9-23-12-7-5-6-11(8-12)17(20)21/h5-8,10,14H,4,9H2,1-3H3,(H,16,18)/t10-,14+/m1/s1. The first-order valence-corrected chi connectivity index (χ1v) is 7.13. The van der Waals surface area contributed by atoms with E-state index in [1.165, 1.54) is 31.4 Å². The van der Waals surface area contributed by atoms with Crippen LogP contribution in [0, 0.1) is 16.0 Å². The summed E-state index contributed by atoms with van der Waals surface area (Å²) in [6.07, 6.45) is 0.686. The van der Waals surface area contributed by atoms with Crippen LogP contribution in [0.2, 0.25) is 0 Å². The molecule has 0 fully saturated rings. The highest BCUT2D eigenvalue weighted by molar-refractivity contribution is 5.85. The van der Waals surface area contributed by atoms with Gasteiger partial charge in [0.25, 0.3) is 11.6 Å². The maximum absolute atomic E-state index is 11.9. The zero-order valence-electron chi connectivity index (χ0n) is 13.3. The van der Waals surface area contributed by atoms with Crippen molar-refractivity contribution in [3.05, 3.63) is 34.4 Å². The van der Waals surface area contributed by atoms with Crippen LogP contribution in [0.15, 0.2) is 24.3 Å². The first-order chi connectivity index (χ1) is 10.9. The number of non-ortho nitro benzene ring substituents is 1. The van der Waals surface area contributed by atoms with Crippen molar-refractivity contribution in [2.45, 2.75) is 26.3 Å². The number of nitro benzene ring substituents is 1. The highest BCUT2D eigenvalue weighted by atomic mass is 16.6. The van der Waals surface area contributed by atoms with E-state index >= 15 is 0 Å². The largest absolute Gasteiger partial charge is 0.484 e. The molecule has 0 aromatic heterocycles. The van der Waals surface area contributed by atoms with E-state index in [0.717, 1.165) is 0 Å². The van der Waals surface area contributed by atoms with Crippen LogP contribution in [0.5, 0.6) is 5.75 Å². The van der Waals surface area contributed by atoms with E-state index in [4.69, 9.17) is 4.74 Å². The smallest absolute Gasteiger partial charge is 0.328 e. The van der Waals surface area contributed by atoms with Crippen molar-refractivity contribution in [1.82, 2.24) is 5.32 Å². The number of amides is 1. The van der Waals surface area contributed by atoms with Crippen LogP contribution < -0.4 is 10.1 Å². The Morgan fingerprint density at radius 1 is 1.39 bits per heavy atom. The minimum absolute atomic E-state index is 0.0933. The van der Waals surface area contributed by atoms with Gasteiger partial charge in [0.1, 0.15) is 11.8 Å². The average molecular weight is 324 g/mol. The average Bonchev–Trinajstić information content (AvgIpc) is 2.56. The van der Waals surface area contributed by atoms with Crippen LogP contribution in [-0.4, -0.2) is 36.6 Å². The van der Waals surface area contributed by atoms with Crippen LogP contribution in [-0.2, 0) is 14.3 Å². The van der Waals surface area contributed by atoms with E-state index in [0.29, 0.717) is 6.42 Å². The summed E-state index contributed by atoms with van der Waals surface area (Å²) >= 11 is 0. The molecule has 0 saturated heterocycles. The molecule has 0 aliphatic carbocycles. The summed E-state index contributed by atoms with van der Waals surface area (Å²) in [6.45, 7) is 3.36. The normalized spacial score (nSPS) is 12.8. The molecule has 0 unspecified atom stereocenters. The molecule has 0 radical (unpaired) electrons. The second kappa shape index (κ2) is 8.72. The molecule has 0 heterocycles. The molecule has 1 aromatic carbocycles. The maximum atomic E-state index is 11.9. The number of carbonyl (C=O) groups excluding carboxylic acids is 2. The second-order valence-corrected chi connectivity index (χ2v) is 5.00. The molecule has 2 atom stereocenters. The van der Waals surface area contributed by atoms with E-state index in [1.54, 1.807) is 0 Å². The van der Waals surface area contributed by atoms with Gasteiger partial charge in [-0.25, -0.2) is 4.79 Å².